The SMILES string of the molecule is CC(=O)O.CC(=O)[O-].N.[B]C#N.[Na+]. The summed E-state index contributed by atoms with van der Waals surface area (Å²) in [6.07, 6.45) is 0. The summed E-state index contributed by atoms with van der Waals surface area (Å²) in [5.41, 5.74) is 0. The fourth-order valence-corrected chi connectivity index (χ4v) is 0. The second-order valence-corrected chi connectivity index (χ2v) is 1.14. The number of carbonyl (C=O) groups excluding carboxylic acids is 1. The second-order valence-electron chi connectivity index (χ2n) is 1.14. The molecule has 0 saturated carbocycles. The number of rotatable bonds is 0. The zero-order valence-corrected chi connectivity index (χ0v) is 9.90. The van der Waals surface area contributed by atoms with E-state index >= 15 is 0 Å². The Labute approximate surface area is 100 Å². The van der Waals surface area contributed by atoms with Crippen LogP contribution in [0.5, 0.6) is 0 Å². The molecule has 0 bridgehead atoms. The molecule has 0 heterocycles. The molecule has 8 heteroatoms. The zero-order valence-electron chi connectivity index (χ0n) is 7.90. The van der Waals surface area contributed by atoms with Gasteiger partial charge in [-0.3, -0.25) is 4.79 Å². The van der Waals surface area contributed by atoms with E-state index in [9.17, 15) is 0 Å². The van der Waals surface area contributed by atoms with Gasteiger partial charge in [-0.1, -0.05) is 0 Å². The molecular formula is C5H10BN2NaO4. The van der Waals surface area contributed by atoms with Crippen LogP contribution in [0.2, 0.25) is 0 Å². The number of hydrogen-bond acceptors (Lipinski definition) is 5. The van der Waals surface area contributed by atoms with Gasteiger partial charge in [-0.05, 0) is 12.9 Å². The Morgan fingerprint density at radius 2 is 1.46 bits per heavy atom. The molecule has 0 rings (SSSR count). The van der Waals surface area contributed by atoms with Crippen LogP contribution in [0.1, 0.15) is 13.8 Å². The minimum Gasteiger partial charge on any atom is -0.550 e. The van der Waals surface area contributed by atoms with Crippen LogP contribution in [0.4, 0.5) is 0 Å². The topological polar surface area (TPSA) is 136 Å². The smallest absolute Gasteiger partial charge is 0.550 e. The maximum absolute atomic E-state index is 9.00. The van der Waals surface area contributed by atoms with E-state index in [0.717, 1.165) is 13.8 Å². The fourth-order valence-electron chi connectivity index (χ4n) is 0. The molecule has 0 aromatic heterocycles. The summed E-state index contributed by atoms with van der Waals surface area (Å²) in [6.45, 7) is 2.06. The molecule has 0 spiro atoms. The van der Waals surface area contributed by atoms with Gasteiger partial charge in [0.2, 0.25) is 7.85 Å². The van der Waals surface area contributed by atoms with Gasteiger partial charge in [0.25, 0.3) is 5.97 Å². The molecule has 0 atom stereocenters. The van der Waals surface area contributed by atoms with Gasteiger partial charge in [0.15, 0.2) is 0 Å². The minimum absolute atomic E-state index is 0. The summed E-state index contributed by atoms with van der Waals surface area (Å²) in [5, 5.41) is 23.4. The van der Waals surface area contributed by atoms with Crippen LogP contribution in [0.25, 0.3) is 0 Å². The summed E-state index contributed by atoms with van der Waals surface area (Å²) < 4.78 is 0. The summed E-state index contributed by atoms with van der Waals surface area (Å²) >= 11 is 0. The van der Waals surface area contributed by atoms with Crippen molar-refractivity contribution in [1.82, 2.24) is 6.15 Å². The van der Waals surface area contributed by atoms with Crippen LogP contribution in [-0.2, 0) is 9.59 Å². The van der Waals surface area contributed by atoms with Gasteiger partial charge in [-0.2, -0.15) is 0 Å². The third-order valence-corrected chi connectivity index (χ3v) is 0. The van der Waals surface area contributed by atoms with Crippen molar-refractivity contribution in [3.8, 4) is 5.97 Å². The number of carboxylic acids is 2. The molecule has 0 aliphatic heterocycles. The first kappa shape index (κ1) is 29.4. The Hall–Kier alpha value is -0.545. The Bertz CT molecular complexity index is 139. The number of carbonyl (C=O) groups is 2. The largest absolute Gasteiger partial charge is 1.00 e. The molecule has 0 saturated heterocycles. The predicted molar refractivity (Wildman–Crippen MR) is 40.4 cm³/mol. The number of nitriles is 1. The van der Waals surface area contributed by atoms with Crippen LogP contribution in [0, 0.1) is 11.2 Å². The van der Waals surface area contributed by atoms with E-state index in [1.807, 2.05) is 0 Å². The van der Waals surface area contributed by atoms with Gasteiger partial charge in [0.1, 0.15) is 0 Å². The van der Waals surface area contributed by atoms with Gasteiger partial charge in [-0.25, -0.2) is 5.26 Å². The molecule has 0 aliphatic carbocycles. The molecule has 0 amide bonds. The van der Waals surface area contributed by atoms with E-state index in [2.05, 4.69) is 7.85 Å². The first-order valence-corrected chi connectivity index (χ1v) is 2.35. The fraction of sp³-hybridized carbons (Fsp3) is 0.400. The second kappa shape index (κ2) is 30.1. The van der Waals surface area contributed by atoms with Crippen LogP contribution in [0.3, 0.4) is 0 Å². The van der Waals surface area contributed by atoms with E-state index in [4.69, 9.17) is 25.1 Å². The van der Waals surface area contributed by atoms with Crippen molar-refractivity contribution in [3.05, 3.63) is 0 Å². The minimum atomic E-state index is -1.08. The van der Waals surface area contributed by atoms with E-state index in [1.165, 1.54) is 5.97 Å². The molecule has 68 valence electrons. The average Bonchev–Trinajstić information content (AvgIpc) is 1.60. The van der Waals surface area contributed by atoms with E-state index in [1.54, 1.807) is 0 Å². The van der Waals surface area contributed by atoms with Crippen molar-refractivity contribution in [2.75, 3.05) is 0 Å². The molecule has 2 radical (unpaired) electrons. The van der Waals surface area contributed by atoms with Gasteiger partial charge >= 0.3 is 29.6 Å². The number of hydrogen-bond donors (Lipinski definition) is 2. The van der Waals surface area contributed by atoms with Crippen molar-refractivity contribution < 1.29 is 49.4 Å². The Balaban J connectivity index is -0.0000000231. The van der Waals surface area contributed by atoms with Gasteiger partial charge in [0.05, 0.1) is 0 Å². The third-order valence-electron chi connectivity index (χ3n) is 0. The summed E-state index contributed by atoms with van der Waals surface area (Å²) in [5.74, 6) is -0.667. The summed E-state index contributed by atoms with van der Waals surface area (Å²) in [4.78, 5) is 17.9. The monoisotopic (exact) mass is 196 g/mol. The molecular weight excluding hydrogens is 186 g/mol. The van der Waals surface area contributed by atoms with E-state index < -0.39 is 11.9 Å². The Morgan fingerprint density at radius 3 is 1.46 bits per heavy atom. The molecule has 13 heavy (non-hydrogen) atoms. The predicted octanol–water partition coefficient (Wildman–Crippen LogP) is -4.35. The third kappa shape index (κ3) is 3450. The first-order chi connectivity index (χ1) is 4.88. The Morgan fingerprint density at radius 1 is 1.46 bits per heavy atom. The zero-order chi connectivity index (χ0) is 9.86. The number of carboxylic acid groups (broad SMARTS) is 2. The quantitative estimate of drug-likeness (QED) is 0.375. The van der Waals surface area contributed by atoms with Crippen LogP contribution >= 0.6 is 0 Å². The maximum atomic E-state index is 9.00. The van der Waals surface area contributed by atoms with Gasteiger partial charge < -0.3 is 21.2 Å². The van der Waals surface area contributed by atoms with Crippen molar-refractivity contribution in [2.45, 2.75) is 13.8 Å². The van der Waals surface area contributed by atoms with Crippen molar-refractivity contribution in [3.63, 3.8) is 0 Å². The Kier molecular flexibility index (Phi) is 68.0. The number of aliphatic carboxylic acids is 2. The normalized spacial score (nSPS) is 4.38. The van der Waals surface area contributed by atoms with Gasteiger partial charge in [0, 0.05) is 12.9 Å². The van der Waals surface area contributed by atoms with Crippen LogP contribution < -0.4 is 40.8 Å². The molecule has 0 aromatic carbocycles. The summed E-state index contributed by atoms with van der Waals surface area (Å²) in [6, 6.07) is 0. The molecule has 4 N–H and O–H groups in total. The average molecular weight is 196 g/mol. The van der Waals surface area contributed by atoms with Crippen molar-refractivity contribution in [2.24, 2.45) is 0 Å². The van der Waals surface area contributed by atoms with Crippen molar-refractivity contribution >= 4 is 19.8 Å². The maximum Gasteiger partial charge on any atom is 1.00 e. The van der Waals surface area contributed by atoms with Crippen LogP contribution in [-0.4, -0.2) is 24.9 Å². The molecule has 6 nitrogen and oxygen atoms in total. The van der Waals surface area contributed by atoms with Crippen LogP contribution in [0.15, 0.2) is 0 Å². The first-order valence-electron chi connectivity index (χ1n) is 2.35. The van der Waals surface area contributed by atoms with E-state index in [-0.39, 0.29) is 35.7 Å². The molecule has 0 aromatic rings. The standard InChI is InChI=1S/2C2H4O2.CBN.H3N.Na/c2*1-2(3)4;2-1-3;;/h2*1H3,(H,3,4);;1H3;/q;;;;+1/p-1. The summed E-state index contributed by atoms with van der Waals surface area (Å²) in [7, 11) is 4.15. The molecule has 0 fully saturated rings. The number of nitrogens with zero attached hydrogens (tertiary/aromatic N) is 1. The molecule has 0 aliphatic rings. The van der Waals surface area contributed by atoms with Gasteiger partial charge in [-0.15, -0.1) is 0 Å². The van der Waals surface area contributed by atoms with E-state index in [0.29, 0.717) is 0 Å². The van der Waals surface area contributed by atoms with Crippen molar-refractivity contribution in [1.29, 1.82) is 5.26 Å². The molecule has 0 unspecified atom stereocenters.